The molecule has 0 N–H and O–H groups in total. The molecule has 0 saturated carbocycles. The van der Waals surface area contributed by atoms with Crippen molar-refractivity contribution in [2.45, 2.75) is 482 Å². The minimum Gasteiger partial charge on any atom is -0.756 e. The number of nitrogens with zero attached hydrogens (tertiary/aromatic N) is 1. The molecule has 9 nitrogen and oxygen atoms in total. The van der Waals surface area contributed by atoms with Crippen LogP contribution in [-0.2, 0) is 32.7 Å². The second-order valence-electron chi connectivity index (χ2n) is 30.9. The summed E-state index contributed by atoms with van der Waals surface area (Å²) in [6.07, 6.45) is 95.5. The van der Waals surface area contributed by atoms with E-state index in [4.69, 9.17) is 18.5 Å². The van der Waals surface area contributed by atoms with Crippen molar-refractivity contribution < 1.29 is 42.1 Å². The lowest BCUT2D eigenvalue weighted by atomic mass is 10.0. The van der Waals surface area contributed by atoms with E-state index in [1.54, 1.807) is 0 Å². The van der Waals surface area contributed by atoms with Crippen molar-refractivity contribution in [1.82, 2.24) is 0 Å². The Morgan fingerprint density at radius 2 is 0.479 bits per heavy atom. The lowest BCUT2D eigenvalue weighted by Gasteiger charge is -2.28. The Bertz CT molecular complexity index is 1540. The van der Waals surface area contributed by atoms with Crippen LogP contribution in [0, 0.1) is 0 Å². The van der Waals surface area contributed by atoms with E-state index in [9.17, 15) is 19.0 Å². The predicted molar refractivity (Wildman–Crippen MR) is 407 cm³/mol. The number of unbranched alkanes of at least 4 members (excludes halogenated alkanes) is 68. The standard InChI is InChI=1S/C84H168NO8P/c1-6-8-10-12-14-16-18-20-22-24-26-28-30-32-34-36-38-40-42-44-46-48-50-52-54-56-58-60-62-64-66-68-70-72-74-76-83(86)90-80-82(81-92-94(88,89)91-79-78-85(3,4)5)93-84(87)77-75-73-71-69-67-65-63-61-59-57-55-53-51-49-47-45-43-41-39-37-35-33-31-29-27-25-23-21-19-17-15-13-11-9-7-2/h82H,6-81H2,1-5H3. The van der Waals surface area contributed by atoms with E-state index >= 15 is 0 Å². The van der Waals surface area contributed by atoms with Crippen molar-refractivity contribution in [3.8, 4) is 0 Å². The minimum absolute atomic E-state index is 0.0246. The van der Waals surface area contributed by atoms with E-state index in [1.807, 2.05) is 21.1 Å². The molecule has 0 aromatic heterocycles. The molecular formula is C84H168NO8P. The summed E-state index contributed by atoms with van der Waals surface area (Å²) in [5.41, 5.74) is 0. The van der Waals surface area contributed by atoms with Crippen LogP contribution in [-0.4, -0.2) is 70.0 Å². The molecule has 0 aromatic rings. The minimum atomic E-state index is -4.64. The number of quaternary nitrogens is 1. The van der Waals surface area contributed by atoms with E-state index in [-0.39, 0.29) is 32.0 Å². The molecule has 0 aliphatic heterocycles. The summed E-state index contributed by atoms with van der Waals surface area (Å²) in [4.78, 5) is 38.2. The Balaban J connectivity index is 3.85. The summed E-state index contributed by atoms with van der Waals surface area (Å²) in [7, 11) is 1.20. The quantitative estimate of drug-likeness (QED) is 0.0256. The first kappa shape index (κ1) is 93.0. The monoisotopic (exact) mass is 1350 g/mol. The first-order valence-electron chi connectivity index (χ1n) is 42.7. The van der Waals surface area contributed by atoms with Gasteiger partial charge >= 0.3 is 11.9 Å². The molecule has 0 rings (SSSR count). The van der Waals surface area contributed by atoms with Crippen LogP contribution in [0.3, 0.4) is 0 Å². The largest absolute Gasteiger partial charge is 0.756 e. The molecule has 0 saturated heterocycles. The molecule has 2 atom stereocenters. The molecule has 10 heteroatoms. The molecule has 0 spiro atoms. The van der Waals surface area contributed by atoms with Gasteiger partial charge in [0.15, 0.2) is 6.10 Å². The molecule has 0 fully saturated rings. The third kappa shape index (κ3) is 80.0. The zero-order valence-electron chi connectivity index (χ0n) is 64.5. The van der Waals surface area contributed by atoms with Gasteiger partial charge in [-0.3, -0.25) is 14.2 Å². The molecule has 0 aliphatic rings. The Hall–Kier alpha value is -0.990. The van der Waals surface area contributed by atoms with Crippen LogP contribution in [0.2, 0.25) is 0 Å². The summed E-state index contributed by atoms with van der Waals surface area (Å²) in [6.45, 7) is 4.36. The Labute approximate surface area is 588 Å². The van der Waals surface area contributed by atoms with Gasteiger partial charge in [-0.15, -0.1) is 0 Å². The van der Waals surface area contributed by atoms with Crippen molar-refractivity contribution >= 4 is 19.8 Å². The highest BCUT2D eigenvalue weighted by atomic mass is 31.2. The Kier molecular flexibility index (Phi) is 75.4. The van der Waals surface area contributed by atoms with Gasteiger partial charge in [-0.05, 0) is 12.8 Å². The molecule has 0 amide bonds. The molecule has 562 valence electrons. The van der Waals surface area contributed by atoms with Crippen molar-refractivity contribution in [1.29, 1.82) is 0 Å². The summed E-state index contributed by atoms with van der Waals surface area (Å²) in [5.74, 6) is -0.799. The highest BCUT2D eigenvalue weighted by Crippen LogP contribution is 2.38. The van der Waals surface area contributed by atoms with Gasteiger partial charge in [0.05, 0.1) is 27.7 Å². The van der Waals surface area contributed by atoms with E-state index < -0.39 is 26.5 Å². The molecule has 0 radical (unpaired) electrons. The number of carbonyl (C=O) groups is 2. The predicted octanol–water partition coefficient (Wildman–Crippen LogP) is 27.8. The summed E-state index contributed by atoms with van der Waals surface area (Å²) in [6, 6.07) is 0. The van der Waals surface area contributed by atoms with Crippen molar-refractivity contribution in [2.24, 2.45) is 0 Å². The van der Waals surface area contributed by atoms with Gasteiger partial charge in [-0.1, -0.05) is 450 Å². The molecule has 0 aliphatic carbocycles. The maximum Gasteiger partial charge on any atom is 0.306 e. The van der Waals surface area contributed by atoms with Crippen LogP contribution in [0.1, 0.15) is 476 Å². The van der Waals surface area contributed by atoms with Crippen LogP contribution in [0.5, 0.6) is 0 Å². The van der Waals surface area contributed by atoms with Gasteiger partial charge in [0.25, 0.3) is 7.82 Å². The van der Waals surface area contributed by atoms with Crippen LogP contribution >= 0.6 is 7.82 Å². The van der Waals surface area contributed by atoms with E-state index in [1.165, 1.54) is 411 Å². The number of phosphoric acid groups is 1. The van der Waals surface area contributed by atoms with Crippen LogP contribution in [0.4, 0.5) is 0 Å². The Morgan fingerprint density at radius 1 is 0.287 bits per heavy atom. The highest BCUT2D eigenvalue weighted by molar-refractivity contribution is 7.45. The smallest absolute Gasteiger partial charge is 0.306 e. The van der Waals surface area contributed by atoms with Crippen molar-refractivity contribution in [3.63, 3.8) is 0 Å². The first-order chi connectivity index (χ1) is 46.0. The third-order valence-corrected chi connectivity index (χ3v) is 21.1. The maximum absolute atomic E-state index is 12.9. The van der Waals surface area contributed by atoms with Crippen LogP contribution in [0.15, 0.2) is 0 Å². The lowest BCUT2D eigenvalue weighted by molar-refractivity contribution is -0.870. The SMILES string of the molecule is CCCCCCCCCCCCCCCCCCCCCCCCCCCCCCCCCCCCCC(=O)OCC(COP(=O)([O-])OCC[N+](C)(C)C)OC(=O)CCCCCCCCCCCCCCCCCCCCCCCCCCCCCCCCCCCCC. The zero-order chi connectivity index (χ0) is 68.3. The average molecular weight is 1350 g/mol. The second kappa shape index (κ2) is 76.2. The van der Waals surface area contributed by atoms with Gasteiger partial charge in [0.2, 0.25) is 0 Å². The lowest BCUT2D eigenvalue weighted by Crippen LogP contribution is -2.37. The van der Waals surface area contributed by atoms with E-state index in [2.05, 4.69) is 13.8 Å². The number of hydrogen-bond acceptors (Lipinski definition) is 8. The number of ether oxygens (including phenoxy) is 2. The number of carbonyl (C=O) groups excluding carboxylic acids is 2. The fourth-order valence-corrected chi connectivity index (χ4v) is 14.3. The molecule has 0 bridgehead atoms. The third-order valence-electron chi connectivity index (χ3n) is 20.1. The van der Waals surface area contributed by atoms with Gasteiger partial charge in [-0.25, -0.2) is 0 Å². The molecule has 0 aromatic carbocycles. The number of hydrogen-bond donors (Lipinski definition) is 0. The summed E-state index contributed by atoms with van der Waals surface area (Å²) in [5, 5.41) is 0. The maximum atomic E-state index is 12.9. The number of likely N-dealkylation sites (N-methyl/N-ethyl adjacent to an activating group) is 1. The van der Waals surface area contributed by atoms with E-state index in [0.29, 0.717) is 17.4 Å². The zero-order valence-corrected chi connectivity index (χ0v) is 65.4. The van der Waals surface area contributed by atoms with Crippen molar-refractivity contribution in [2.75, 3.05) is 47.5 Å². The van der Waals surface area contributed by atoms with Crippen LogP contribution in [0.25, 0.3) is 0 Å². The van der Waals surface area contributed by atoms with Crippen LogP contribution < -0.4 is 4.89 Å². The Morgan fingerprint density at radius 3 is 0.681 bits per heavy atom. The fourth-order valence-electron chi connectivity index (χ4n) is 13.6. The van der Waals surface area contributed by atoms with Gasteiger partial charge < -0.3 is 27.9 Å². The van der Waals surface area contributed by atoms with E-state index in [0.717, 1.165) is 32.1 Å². The summed E-state index contributed by atoms with van der Waals surface area (Å²) < 4.78 is 34.5. The van der Waals surface area contributed by atoms with Gasteiger partial charge in [0, 0.05) is 12.8 Å². The molecular weight excluding hydrogens is 1180 g/mol. The number of esters is 2. The second-order valence-corrected chi connectivity index (χ2v) is 32.3. The normalized spacial score (nSPS) is 12.9. The van der Waals surface area contributed by atoms with Gasteiger partial charge in [0.1, 0.15) is 19.8 Å². The highest BCUT2D eigenvalue weighted by Gasteiger charge is 2.22. The fraction of sp³-hybridized carbons (Fsp3) is 0.976. The molecule has 0 heterocycles. The topological polar surface area (TPSA) is 111 Å². The van der Waals surface area contributed by atoms with Gasteiger partial charge in [-0.2, -0.15) is 0 Å². The molecule has 94 heavy (non-hydrogen) atoms. The number of phosphoric ester groups is 1. The average Bonchev–Trinajstić information content (AvgIpc) is 2.35. The molecule has 2 unspecified atom stereocenters. The van der Waals surface area contributed by atoms with Crippen molar-refractivity contribution in [3.05, 3.63) is 0 Å². The number of rotatable bonds is 82. The first-order valence-corrected chi connectivity index (χ1v) is 44.2. The summed E-state index contributed by atoms with van der Waals surface area (Å²) >= 11 is 0.